The average Bonchev–Trinajstić information content (AvgIpc) is 3.20. The van der Waals surface area contributed by atoms with E-state index in [0.29, 0.717) is 29.5 Å². The highest BCUT2D eigenvalue weighted by molar-refractivity contribution is 6.33. The van der Waals surface area contributed by atoms with Gasteiger partial charge < -0.3 is 4.74 Å². The number of fused-ring (bicyclic) bond motifs is 3. The molecule has 0 saturated heterocycles. The van der Waals surface area contributed by atoms with Gasteiger partial charge in [-0.15, -0.1) is 0 Å². The summed E-state index contributed by atoms with van der Waals surface area (Å²) in [5.74, 6) is 1.22. The molecule has 0 radical (unpaired) electrons. The van der Waals surface area contributed by atoms with E-state index in [0.717, 1.165) is 12.3 Å². The van der Waals surface area contributed by atoms with Crippen LogP contribution in [0, 0.1) is 11.8 Å². The maximum Gasteiger partial charge on any atom is 0.374 e. The van der Waals surface area contributed by atoms with Gasteiger partial charge in [0.2, 0.25) is 5.82 Å². The average molecular weight is 321 g/mol. The number of halogens is 1. The molecule has 116 valence electrons. The number of carbonyl (C=O) groups excluding carboxylic acids is 1. The number of esters is 1. The van der Waals surface area contributed by atoms with Crippen molar-refractivity contribution in [3.05, 3.63) is 17.3 Å². The normalized spacial score (nSPS) is 26.7. The Morgan fingerprint density at radius 3 is 2.95 bits per heavy atom. The predicted octanol–water partition coefficient (Wildman–Crippen LogP) is 3.02. The largest absolute Gasteiger partial charge is 0.460 e. The van der Waals surface area contributed by atoms with E-state index in [1.807, 2.05) is 4.57 Å². The molecule has 0 amide bonds. The molecule has 6 nitrogen and oxygen atoms in total. The molecule has 2 aliphatic rings. The van der Waals surface area contributed by atoms with E-state index in [9.17, 15) is 4.79 Å². The lowest BCUT2D eigenvalue weighted by atomic mass is 9.95. The molecule has 2 bridgehead atoms. The lowest BCUT2D eigenvalue weighted by Gasteiger charge is -2.24. The quantitative estimate of drug-likeness (QED) is 0.642. The Hall–Kier alpha value is -1.69. The molecule has 2 heterocycles. The summed E-state index contributed by atoms with van der Waals surface area (Å²) in [5, 5.41) is 0.275. The van der Waals surface area contributed by atoms with Crippen LogP contribution in [0.1, 0.15) is 49.3 Å². The topological polar surface area (TPSA) is 69.9 Å². The van der Waals surface area contributed by atoms with Gasteiger partial charge >= 0.3 is 5.97 Å². The molecule has 2 aliphatic carbocycles. The molecule has 3 unspecified atom stereocenters. The SMILES string of the molecule is CCOC(=O)c1nc2c(Cl)ncnc2n1C1CC2CCC1C2. The fraction of sp³-hybridized carbons (Fsp3) is 0.600. The standard InChI is InChI=1S/C15H17ClN4O2/c1-2-22-15(21)14-19-11-12(16)17-7-18-13(11)20(14)10-6-8-3-4-9(10)5-8/h7-10H,2-6H2,1H3. The van der Waals surface area contributed by atoms with Crippen molar-refractivity contribution in [2.45, 2.75) is 38.6 Å². The van der Waals surface area contributed by atoms with Gasteiger partial charge in [0.05, 0.1) is 6.61 Å². The Kier molecular flexibility index (Phi) is 3.29. The van der Waals surface area contributed by atoms with Crippen molar-refractivity contribution in [3.8, 4) is 0 Å². The smallest absolute Gasteiger partial charge is 0.374 e. The molecule has 2 aromatic heterocycles. The van der Waals surface area contributed by atoms with E-state index >= 15 is 0 Å². The molecular weight excluding hydrogens is 304 g/mol. The molecule has 4 rings (SSSR count). The third kappa shape index (κ3) is 2.00. The predicted molar refractivity (Wildman–Crippen MR) is 80.8 cm³/mol. The Morgan fingerprint density at radius 2 is 2.27 bits per heavy atom. The van der Waals surface area contributed by atoms with Crippen LogP contribution in [0.25, 0.3) is 11.2 Å². The number of hydrogen-bond acceptors (Lipinski definition) is 5. The second-order valence-corrected chi connectivity index (χ2v) is 6.46. The molecule has 2 fully saturated rings. The Bertz CT molecular complexity index is 744. The summed E-state index contributed by atoms with van der Waals surface area (Å²) in [6, 6.07) is 0.258. The highest BCUT2D eigenvalue weighted by Gasteiger charge is 2.43. The number of rotatable bonds is 3. The minimum absolute atomic E-state index is 0.258. The first-order chi connectivity index (χ1) is 10.7. The number of nitrogens with zero attached hydrogens (tertiary/aromatic N) is 4. The fourth-order valence-electron chi connectivity index (χ4n) is 4.06. The van der Waals surface area contributed by atoms with Crippen LogP contribution in [0.2, 0.25) is 5.15 Å². The van der Waals surface area contributed by atoms with Gasteiger partial charge in [-0.25, -0.2) is 19.7 Å². The highest BCUT2D eigenvalue weighted by atomic mass is 35.5. The molecule has 2 aromatic rings. The van der Waals surface area contributed by atoms with Gasteiger partial charge in [0.1, 0.15) is 11.8 Å². The molecule has 3 atom stereocenters. The molecular formula is C15H17ClN4O2. The molecule has 22 heavy (non-hydrogen) atoms. The number of hydrogen-bond donors (Lipinski definition) is 0. The highest BCUT2D eigenvalue weighted by Crippen LogP contribution is 2.51. The number of ether oxygens (including phenoxy) is 1. The fourth-order valence-corrected chi connectivity index (χ4v) is 4.23. The lowest BCUT2D eigenvalue weighted by molar-refractivity contribution is 0.0502. The van der Waals surface area contributed by atoms with Crippen LogP contribution >= 0.6 is 11.6 Å². The van der Waals surface area contributed by atoms with Crippen molar-refractivity contribution in [3.63, 3.8) is 0 Å². The third-order valence-corrected chi connectivity index (χ3v) is 5.20. The molecule has 0 aliphatic heterocycles. The number of carbonyl (C=O) groups is 1. The summed E-state index contributed by atoms with van der Waals surface area (Å²) in [6.45, 7) is 2.10. The van der Waals surface area contributed by atoms with Crippen molar-refractivity contribution in [1.29, 1.82) is 0 Å². The van der Waals surface area contributed by atoms with Gasteiger partial charge in [-0.2, -0.15) is 0 Å². The van der Waals surface area contributed by atoms with Gasteiger partial charge in [-0.3, -0.25) is 4.57 Å². The van der Waals surface area contributed by atoms with Crippen LogP contribution in [-0.2, 0) is 4.74 Å². The first-order valence-electron chi connectivity index (χ1n) is 7.74. The van der Waals surface area contributed by atoms with Crippen LogP contribution in [-0.4, -0.2) is 32.1 Å². The van der Waals surface area contributed by atoms with Crippen molar-refractivity contribution < 1.29 is 9.53 Å². The van der Waals surface area contributed by atoms with Crippen molar-refractivity contribution >= 4 is 28.7 Å². The van der Waals surface area contributed by atoms with Gasteiger partial charge in [0.15, 0.2) is 10.8 Å². The van der Waals surface area contributed by atoms with Crippen LogP contribution in [0.15, 0.2) is 6.33 Å². The van der Waals surface area contributed by atoms with E-state index in [-0.39, 0.29) is 11.2 Å². The van der Waals surface area contributed by atoms with E-state index in [1.165, 1.54) is 25.6 Å². The van der Waals surface area contributed by atoms with Crippen LogP contribution < -0.4 is 0 Å². The zero-order valence-corrected chi connectivity index (χ0v) is 13.1. The zero-order valence-electron chi connectivity index (χ0n) is 12.3. The van der Waals surface area contributed by atoms with Crippen molar-refractivity contribution in [2.75, 3.05) is 6.61 Å². The Labute approximate surface area is 132 Å². The number of aromatic nitrogens is 4. The first-order valence-corrected chi connectivity index (χ1v) is 8.12. The molecule has 0 N–H and O–H groups in total. The van der Waals surface area contributed by atoms with Crippen LogP contribution in [0.4, 0.5) is 0 Å². The van der Waals surface area contributed by atoms with Crippen molar-refractivity contribution in [2.24, 2.45) is 11.8 Å². The van der Waals surface area contributed by atoms with E-state index in [2.05, 4.69) is 15.0 Å². The second-order valence-electron chi connectivity index (χ2n) is 6.10. The van der Waals surface area contributed by atoms with Crippen LogP contribution in [0.5, 0.6) is 0 Å². The summed E-state index contributed by atoms with van der Waals surface area (Å²) < 4.78 is 7.11. The van der Waals surface area contributed by atoms with Gasteiger partial charge in [0, 0.05) is 6.04 Å². The van der Waals surface area contributed by atoms with Gasteiger partial charge in [-0.05, 0) is 38.0 Å². The summed E-state index contributed by atoms with van der Waals surface area (Å²) in [4.78, 5) is 25.0. The Balaban J connectivity index is 1.88. The Morgan fingerprint density at radius 1 is 1.41 bits per heavy atom. The number of imidazole rings is 1. The van der Waals surface area contributed by atoms with Crippen molar-refractivity contribution in [1.82, 2.24) is 19.5 Å². The first kappa shape index (κ1) is 13.9. The minimum atomic E-state index is -0.417. The summed E-state index contributed by atoms with van der Waals surface area (Å²) in [7, 11) is 0. The zero-order chi connectivity index (χ0) is 15.3. The second kappa shape index (κ2) is 5.19. The summed E-state index contributed by atoms with van der Waals surface area (Å²) in [5.41, 5.74) is 1.12. The third-order valence-electron chi connectivity index (χ3n) is 4.92. The van der Waals surface area contributed by atoms with E-state index < -0.39 is 5.97 Å². The van der Waals surface area contributed by atoms with E-state index in [4.69, 9.17) is 16.3 Å². The molecule has 0 spiro atoms. The summed E-state index contributed by atoms with van der Waals surface area (Å²) in [6.07, 6.45) is 6.22. The lowest BCUT2D eigenvalue weighted by Crippen LogP contribution is -2.22. The maximum atomic E-state index is 12.3. The van der Waals surface area contributed by atoms with E-state index in [1.54, 1.807) is 6.92 Å². The van der Waals surface area contributed by atoms with Gasteiger partial charge in [-0.1, -0.05) is 18.0 Å². The molecule has 0 aromatic carbocycles. The van der Waals surface area contributed by atoms with Crippen LogP contribution in [0.3, 0.4) is 0 Å². The van der Waals surface area contributed by atoms with Gasteiger partial charge in [0.25, 0.3) is 0 Å². The monoisotopic (exact) mass is 320 g/mol. The molecule has 2 saturated carbocycles. The summed E-state index contributed by atoms with van der Waals surface area (Å²) >= 11 is 6.13. The maximum absolute atomic E-state index is 12.3. The molecule has 7 heteroatoms. The minimum Gasteiger partial charge on any atom is -0.460 e.